The van der Waals surface area contributed by atoms with Gasteiger partial charge in [0.05, 0.1) is 42.5 Å². The van der Waals surface area contributed by atoms with Crippen molar-refractivity contribution >= 4 is 46.4 Å². The molecule has 0 bridgehead atoms. The van der Waals surface area contributed by atoms with Gasteiger partial charge < -0.3 is 4.74 Å². The van der Waals surface area contributed by atoms with Crippen LogP contribution in [0.4, 0.5) is 11.6 Å². The minimum atomic E-state index is -0.301. The lowest BCUT2D eigenvalue weighted by Gasteiger charge is -2.18. The van der Waals surface area contributed by atoms with Gasteiger partial charge in [-0.15, -0.1) is 5.01 Å². The monoisotopic (exact) mass is 505 g/mol. The highest BCUT2D eigenvalue weighted by molar-refractivity contribution is 8.14. The summed E-state index contributed by atoms with van der Waals surface area (Å²) in [4.78, 5) is 33.6. The molecule has 1 saturated heterocycles. The molecule has 3 aromatic rings. The number of para-hydroxylation sites is 1. The minimum absolute atomic E-state index is 0.0331. The van der Waals surface area contributed by atoms with Crippen molar-refractivity contribution < 1.29 is 23.6 Å². The van der Waals surface area contributed by atoms with Gasteiger partial charge in [-0.2, -0.15) is 0 Å². The number of ether oxygens (including phenoxy) is 1. The van der Waals surface area contributed by atoms with E-state index in [1.54, 1.807) is 17.1 Å². The Balaban J connectivity index is 1.30. The highest BCUT2D eigenvalue weighted by Crippen LogP contribution is 2.29. The summed E-state index contributed by atoms with van der Waals surface area (Å²) >= 11 is 1.18. The Morgan fingerprint density at radius 1 is 1.14 bits per heavy atom. The van der Waals surface area contributed by atoms with E-state index in [9.17, 15) is 9.59 Å². The third kappa shape index (κ3) is 5.31. The summed E-state index contributed by atoms with van der Waals surface area (Å²) in [6.07, 6.45) is 3.39. The fraction of sp³-hybridized carbons (Fsp3) is 0.240. The van der Waals surface area contributed by atoms with Crippen LogP contribution in [-0.2, 0) is 14.3 Å². The van der Waals surface area contributed by atoms with Crippen molar-refractivity contribution in [1.29, 1.82) is 0 Å². The summed E-state index contributed by atoms with van der Waals surface area (Å²) in [5.74, 6) is -0.277. The summed E-state index contributed by atoms with van der Waals surface area (Å²) in [6.45, 7) is 4.56. The number of thioether (sulfide) groups is 1. The van der Waals surface area contributed by atoms with E-state index in [4.69, 9.17) is 9.26 Å². The van der Waals surface area contributed by atoms with Gasteiger partial charge in [0.25, 0.3) is 12.1 Å². The molecule has 0 aliphatic carbocycles. The molecule has 2 aromatic carbocycles. The highest BCUT2D eigenvalue weighted by atomic mass is 32.2. The van der Waals surface area contributed by atoms with Gasteiger partial charge in [0.1, 0.15) is 5.70 Å². The average molecular weight is 506 g/mol. The first kappa shape index (κ1) is 23.8. The van der Waals surface area contributed by atoms with Crippen molar-refractivity contribution in [3.05, 3.63) is 77.6 Å². The summed E-state index contributed by atoms with van der Waals surface area (Å²) in [6, 6.07) is 17.1. The van der Waals surface area contributed by atoms with Crippen LogP contribution in [0.15, 0.2) is 76.0 Å². The summed E-state index contributed by atoms with van der Waals surface area (Å²) < 4.78 is 10.6. The van der Waals surface area contributed by atoms with E-state index >= 15 is 0 Å². The number of aryl methyl sites for hydroxylation is 1. The number of aliphatic imine (C=N–C) groups is 1. The van der Waals surface area contributed by atoms with Crippen LogP contribution in [0.1, 0.15) is 11.1 Å². The highest BCUT2D eigenvalue weighted by Gasteiger charge is 2.32. The molecule has 10 nitrogen and oxygen atoms in total. The minimum Gasteiger partial charge on any atom is -0.377 e. The van der Waals surface area contributed by atoms with Crippen LogP contribution in [0.3, 0.4) is 0 Å². The van der Waals surface area contributed by atoms with Crippen LogP contribution in [0.5, 0.6) is 0 Å². The molecule has 2 aliphatic rings. The Kier molecular flexibility index (Phi) is 7.10. The van der Waals surface area contributed by atoms with E-state index in [1.807, 2.05) is 66.5 Å². The van der Waals surface area contributed by atoms with E-state index in [-0.39, 0.29) is 23.5 Å². The largest absolute Gasteiger partial charge is 0.377 e. The van der Waals surface area contributed by atoms with E-state index in [0.29, 0.717) is 42.9 Å². The van der Waals surface area contributed by atoms with Gasteiger partial charge in [-0.25, -0.2) is 4.99 Å². The smallest absolute Gasteiger partial charge is 0.305 e. The number of amidine groups is 1. The van der Waals surface area contributed by atoms with Gasteiger partial charge in [0, 0.05) is 0 Å². The molecule has 0 spiro atoms. The normalized spacial score (nSPS) is 17.0. The molecule has 2 aliphatic heterocycles. The third-order valence-electron chi connectivity index (χ3n) is 5.65. The van der Waals surface area contributed by atoms with Crippen LogP contribution in [0, 0.1) is 6.92 Å². The molecule has 1 aromatic heterocycles. The number of carbonyl (C=O) groups is 2. The number of carbonyl (C=O) groups excluding carboxylic acids is 2. The lowest BCUT2D eigenvalue weighted by molar-refractivity contribution is -0.759. The molecule has 5 rings (SSSR count). The van der Waals surface area contributed by atoms with Gasteiger partial charge in [-0.3, -0.25) is 24.3 Å². The fourth-order valence-electron chi connectivity index (χ4n) is 3.78. The van der Waals surface area contributed by atoms with Crippen molar-refractivity contribution in [2.45, 2.75) is 6.92 Å². The maximum atomic E-state index is 13.3. The summed E-state index contributed by atoms with van der Waals surface area (Å²) in [7, 11) is 0. The number of anilines is 2. The van der Waals surface area contributed by atoms with Crippen molar-refractivity contribution in [3.63, 3.8) is 0 Å². The second-order valence-electron chi connectivity index (χ2n) is 8.15. The first-order valence-electron chi connectivity index (χ1n) is 11.5. The van der Waals surface area contributed by atoms with Crippen molar-refractivity contribution in [2.75, 3.05) is 47.3 Å². The van der Waals surface area contributed by atoms with Crippen molar-refractivity contribution in [1.82, 2.24) is 5.27 Å². The molecule has 3 heterocycles. The number of nitrogens with one attached hydrogen (secondary N) is 1. The molecular formula is C25H25N6O4S+. The average Bonchev–Trinajstić information content (AvgIpc) is 3.49. The zero-order valence-electron chi connectivity index (χ0n) is 19.7. The first-order valence-corrected chi connectivity index (χ1v) is 12.5. The van der Waals surface area contributed by atoms with Crippen LogP contribution < -0.4 is 20.0 Å². The van der Waals surface area contributed by atoms with Crippen LogP contribution in [0.2, 0.25) is 0 Å². The second kappa shape index (κ2) is 10.8. The molecular weight excluding hydrogens is 480 g/mol. The van der Waals surface area contributed by atoms with Gasteiger partial charge in [0.2, 0.25) is 11.2 Å². The number of nitrogens with zero attached hydrogens (tertiary/aromatic N) is 5. The van der Waals surface area contributed by atoms with Gasteiger partial charge in [0.15, 0.2) is 5.17 Å². The van der Waals surface area contributed by atoms with E-state index < -0.39 is 0 Å². The number of amides is 2. The lowest BCUT2D eigenvalue weighted by Crippen LogP contribution is -2.62. The molecule has 11 heteroatoms. The zero-order valence-corrected chi connectivity index (χ0v) is 20.5. The van der Waals surface area contributed by atoms with Gasteiger partial charge >= 0.3 is 5.88 Å². The Hall–Kier alpha value is -3.96. The summed E-state index contributed by atoms with van der Waals surface area (Å²) in [5.41, 5.74) is 2.96. The maximum Gasteiger partial charge on any atom is 0.305 e. The quantitative estimate of drug-likeness (QED) is 0.405. The summed E-state index contributed by atoms with van der Waals surface area (Å²) in [5, 5.41) is 9.05. The second-order valence-corrected chi connectivity index (χ2v) is 9.09. The molecule has 2 amide bonds. The molecule has 1 fully saturated rings. The Morgan fingerprint density at radius 3 is 2.67 bits per heavy atom. The first-order chi connectivity index (χ1) is 17.6. The van der Waals surface area contributed by atoms with Crippen LogP contribution in [0.25, 0.3) is 6.08 Å². The predicted molar refractivity (Wildman–Crippen MR) is 137 cm³/mol. The number of benzene rings is 2. The number of morpholine rings is 1. The lowest BCUT2D eigenvalue weighted by atomic mass is 10.1. The topological polar surface area (TPSA) is 104 Å². The van der Waals surface area contributed by atoms with E-state index in [0.717, 1.165) is 11.1 Å². The molecule has 0 saturated carbocycles. The molecule has 184 valence electrons. The fourth-order valence-corrected chi connectivity index (χ4v) is 4.60. The van der Waals surface area contributed by atoms with E-state index in [1.165, 1.54) is 16.7 Å². The number of hydrogen-bond donors (Lipinski definition) is 1. The molecule has 0 radical (unpaired) electrons. The maximum absolute atomic E-state index is 13.3. The van der Waals surface area contributed by atoms with Crippen LogP contribution >= 0.6 is 11.8 Å². The molecule has 36 heavy (non-hydrogen) atoms. The van der Waals surface area contributed by atoms with Gasteiger partial charge in [-0.05, 0) is 36.3 Å². The van der Waals surface area contributed by atoms with Crippen molar-refractivity contribution in [3.8, 4) is 0 Å². The standard InChI is InChI=1S/C25H24N6O4S/c1-18-7-5-6-8-19(18)15-21-24(33)31(20-9-3-2-4-10-20)25(26-21)36-17-22(32)27-23-16-30(28-35-23)29-11-13-34-14-12-29/h2-10,15-16H,11-14,17H2,1H3/p+1/b21-15+. The SMILES string of the molecule is Cc1ccccc1/C=C1/N=C(SCC(=O)Nc2c[n+](N3CCOCC3)no2)N(c2ccccc2)C1=O. The Morgan fingerprint density at radius 2 is 1.89 bits per heavy atom. The zero-order chi connectivity index (χ0) is 24.9. The number of rotatable bonds is 6. The molecule has 1 N–H and O–H groups in total. The van der Waals surface area contributed by atoms with Crippen LogP contribution in [-0.4, -0.2) is 54.3 Å². The third-order valence-corrected chi connectivity index (χ3v) is 6.59. The molecule has 0 unspecified atom stereocenters. The Bertz CT molecular complexity index is 1320. The predicted octanol–water partition coefficient (Wildman–Crippen LogP) is 2.35. The number of hydrogen-bond acceptors (Lipinski definition) is 8. The van der Waals surface area contributed by atoms with Crippen molar-refractivity contribution in [2.24, 2.45) is 4.99 Å². The molecule has 0 atom stereocenters. The van der Waals surface area contributed by atoms with E-state index in [2.05, 4.69) is 15.6 Å². The van der Waals surface area contributed by atoms with Gasteiger partial charge in [-0.1, -0.05) is 54.2 Å². The Labute approximate surface area is 212 Å². The number of aromatic nitrogens is 2.